The fraction of sp³-hybridized carbons (Fsp3) is 0.750. The summed E-state index contributed by atoms with van der Waals surface area (Å²) in [6.45, 7) is 9.74. The second-order valence-electron chi connectivity index (χ2n) is 5.21. The molecule has 1 heterocycles. The van der Waals surface area contributed by atoms with Crippen molar-refractivity contribution >= 4 is 15.9 Å². The van der Waals surface area contributed by atoms with Crippen molar-refractivity contribution in [2.45, 2.75) is 52.1 Å². The van der Waals surface area contributed by atoms with Gasteiger partial charge < -0.3 is 5.32 Å². The lowest BCUT2D eigenvalue weighted by Crippen LogP contribution is -2.39. The highest BCUT2D eigenvalue weighted by Gasteiger charge is 2.15. The largest absolute Gasteiger partial charge is 0.310 e. The van der Waals surface area contributed by atoms with Gasteiger partial charge in [-0.05, 0) is 43.1 Å². The Morgan fingerprint density at radius 3 is 2.62 bits per heavy atom. The van der Waals surface area contributed by atoms with Gasteiger partial charge in [-0.3, -0.25) is 4.68 Å². The van der Waals surface area contributed by atoms with Crippen LogP contribution in [-0.4, -0.2) is 21.9 Å². The summed E-state index contributed by atoms with van der Waals surface area (Å²) >= 11 is 3.44. The minimum absolute atomic E-state index is 0.163. The molecule has 0 aliphatic heterocycles. The van der Waals surface area contributed by atoms with E-state index in [-0.39, 0.29) is 5.54 Å². The van der Waals surface area contributed by atoms with Crippen LogP contribution in [0.5, 0.6) is 0 Å². The maximum Gasteiger partial charge on any atom is 0.0644 e. The molecule has 0 aliphatic carbocycles. The molecule has 0 aromatic carbocycles. The molecule has 0 amide bonds. The highest BCUT2D eigenvalue weighted by atomic mass is 79.9. The van der Waals surface area contributed by atoms with Crippen LogP contribution in [0.25, 0.3) is 0 Å². The highest BCUT2D eigenvalue weighted by Crippen LogP contribution is 2.16. The first kappa shape index (κ1) is 13.7. The second-order valence-corrected chi connectivity index (χ2v) is 6.13. The third-order valence-corrected chi connectivity index (χ3v) is 2.84. The zero-order valence-electron chi connectivity index (χ0n) is 10.6. The van der Waals surface area contributed by atoms with Crippen molar-refractivity contribution in [3.63, 3.8) is 0 Å². The fourth-order valence-corrected chi connectivity index (χ4v) is 1.90. The van der Waals surface area contributed by atoms with Gasteiger partial charge in [-0.2, -0.15) is 5.10 Å². The topological polar surface area (TPSA) is 29.9 Å². The summed E-state index contributed by atoms with van der Waals surface area (Å²) in [6.07, 6.45) is 6.22. The third kappa shape index (κ3) is 4.66. The molecule has 16 heavy (non-hydrogen) atoms. The van der Waals surface area contributed by atoms with E-state index in [1.165, 1.54) is 6.42 Å². The summed E-state index contributed by atoms with van der Waals surface area (Å²) in [7, 11) is 0. The van der Waals surface area contributed by atoms with E-state index in [4.69, 9.17) is 0 Å². The molecule has 0 saturated carbocycles. The predicted octanol–water partition coefficient (Wildman–Crippen LogP) is 3.37. The molecule has 0 aliphatic rings. The normalized spacial score (nSPS) is 14.1. The maximum atomic E-state index is 4.37. The van der Waals surface area contributed by atoms with Crippen molar-refractivity contribution in [2.75, 3.05) is 6.54 Å². The Bertz CT molecular complexity index is 314. The predicted molar refractivity (Wildman–Crippen MR) is 71.6 cm³/mol. The van der Waals surface area contributed by atoms with Gasteiger partial charge >= 0.3 is 0 Å². The van der Waals surface area contributed by atoms with E-state index in [1.807, 2.05) is 17.1 Å². The van der Waals surface area contributed by atoms with Gasteiger partial charge in [0.05, 0.1) is 16.7 Å². The number of nitrogens with one attached hydrogen (secondary N) is 1. The van der Waals surface area contributed by atoms with Crippen LogP contribution in [0, 0.1) is 0 Å². The molecule has 4 heteroatoms. The lowest BCUT2D eigenvalue weighted by atomic mass is 10.1. The summed E-state index contributed by atoms with van der Waals surface area (Å²) in [6, 6.07) is 0.440. The molecule has 1 N–H and O–H groups in total. The number of aromatic nitrogens is 2. The van der Waals surface area contributed by atoms with E-state index >= 15 is 0 Å². The van der Waals surface area contributed by atoms with Crippen LogP contribution in [0.1, 0.15) is 46.6 Å². The van der Waals surface area contributed by atoms with Gasteiger partial charge in [0.1, 0.15) is 0 Å². The Morgan fingerprint density at radius 2 is 2.19 bits per heavy atom. The summed E-state index contributed by atoms with van der Waals surface area (Å²) in [5, 5.41) is 7.90. The average molecular weight is 288 g/mol. The van der Waals surface area contributed by atoms with Gasteiger partial charge in [0.15, 0.2) is 0 Å². The molecule has 0 saturated heterocycles. The van der Waals surface area contributed by atoms with Crippen molar-refractivity contribution in [3.05, 3.63) is 16.9 Å². The van der Waals surface area contributed by atoms with Crippen molar-refractivity contribution in [3.8, 4) is 0 Å². The van der Waals surface area contributed by atoms with Gasteiger partial charge in [0, 0.05) is 18.3 Å². The van der Waals surface area contributed by atoms with Crippen LogP contribution in [0.4, 0.5) is 0 Å². The third-order valence-electron chi connectivity index (χ3n) is 2.43. The van der Waals surface area contributed by atoms with Crippen molar-refractivity contribution < 1.29 is 0 Å². The summed E-state index contributed by atoms with van der Waals surface area (Å²) in [4.78, 5) is 0. The smallest absolute Gasteiger partial charge is 0.0644 e. The first-order valence-corrected chi connectivity index (χ1v) is 6.66. The Kier molecular flexibility index (Phi) is 4.99. The molecule has 3 nitrogen and oxygen atoms in total. The molecule has 0 spiro atoms. The van der Waals surface area contributed by atoms with Crippen LogP contribution in [-0.2, 0) is 0 Å². The van der Waals surface area contributed by atoms with E-state index in [1.54, 1.807) is 0 Å². The number of nitrogens with zero attached hydrogens (tertiary/aromatic N) is 2. The quantitative estimate of drug-likeness (QED) is 0.900. The average Bonchev–Trinajstić information content (AvgIpc) is 2.57. The van der Waals surface area contributed by atoms with E-state index in [0.29, 0.717) is 6.04 Å². The molecule has 0 bridgehead atoms. The Morgan fingerprint density at radius 1 is 1.50 bits per heavy atom. The molecule has 1 rings (SSSR count). The fourth-order valence-electron chi connectivity index (χ4n) is 1.60. The Labute approximate surface area is 107 Å². The molecule has 0 fully saturated rings. The van der Waals surface area contributed by atoms with Crippen LogP contribution in [0.2, 0.25) is 0 Å². The monoisotopic (exact) mass is 287 g/mol. The van der Waals surface area contributed by atoms with Crippen molar-refractivity contribution in [2.24, 2.45) is 0 Å². The number of hydrogen-bond donors (Lipinski definition) is 1. The van der Waals surface area contributed by atoms with Crippen molar-refractivity contribution in [1.82, 2.24) is 15.1 Å². The molecular formula is C12H22BrN3. The summed E-state index contributed by atoms with van der Waals surface area (Å²) in [5.41, 5.74) is 0.163. The van der Waals surface area contributed by atoms with Crippen LogP contribution >= 0.6 is 15.9 Å². The second kappa shape index (κ2) is 5.82. The van der Waals surface area contributed by atoms with Crippen LogP contribution in [0.15, 0.2) is 16.9 Å². The Balaban J connectivity index is 2.61. The van der Waals surface area contributed by atoms with Crippen LogP contribution < -0.4 is 5.32 Å². The van der Waals surface area contributed by atoms with Gasteiger partial charge in [0.25, 0.3) is 0 Å². The SMILES string of the molecule is CCCC(CNC(C)(C)C)n1cc(Br)cn1. The molecular weight excluding hydrogens is 266 g/mol. The van der Waals surface area contributed by atoms with Gasteiger partial charge in [-0.15, -0.1) is 0 Å². The number of halogens is 1. The number of hydrogen-bond acceptors (Lipinski definition) is 2. The molecule has 1 aromatic rings. The first-order valence-electron chi connectivity index (χ1n) is 5.87. The zero-order valence-corrected chi connectivity index (χ0v) is 12.2. The maximum absolute atomic E-state index is 4.37. The lowest BCUT2D eigenvalue weighted by molar-refractivity contribution is 0.336. The van der Waals surface area contributed by atoms with Crippen molar-refractivity contribution in [1.29, 1.82) is 0 Å². The lowest BCUT2D eigenvalue weighted by Gasteiger charge is -2.25. The molecule has 1 atom stereocenters. The van der Waals surface area contributed by atoms with E-state index in [9.17, 15) is 0 Å². The molecule has 0 radical (unpaired) electrons. The van der Waals surface area contributed by atoms with E-state index in [2.05, 4.69) is 54.0 Å². The Hall–Kier alpha value is -0.350. The van der Waals surface area contributed by atoms with Crippen LogP contribution in [0.3, 0.4) is 0 Å². The van der Waals surface area contributed by atoms with Gasteiger partial charge in [-0.1, -0.05) is 13.3 Å². The standard InChI is InChI=1S/C12H22BrN3/c1-5-6-11(8-14-12(2,3)4)16-9-10(13)7-15-16/h7,9,11,14H,5-6,8H2,1-4H3. The highest BCUT2D eigenvalue weighted by molar-refractivity contribution is 9.10. The molecule has 92 valence electrons. The first-order chi connectivity index (χ1) is 7.42. The minimum atomic E-state index is 0.163. The van der Waals surface area contributed by atoms with Gasteiger partial charge in [0.2, 0.25) is 0 Å². The van der Waals surface area contributed by atoms with E-state index < -0.39 is 0 Å². The number of rotatable bonds is 5. The van der Waals surface area contributed by atoms with Gasteiger partial charge in [-0.25, -0.2) is 0 Å². The molecule has 1 aromatic heterocycles. The minimum Gasteiger partial charge on any atom is -0.310 e. The molecule has 1 unspecified atom stereocenters. The van der Waals surface area contributed by atoms with E-state index in [0.717, 1.165) is 17.4 Å². The zero-order chi connectivity index (χ0) is 12.2. The summed E-state index contributed by atoms with van der Waals surface area (Å²) < 4.78 is 3.09. The summed E-state index contributed by atoms with van der Waals surface area (Å²) in [5.74, 6) is 0.